The highest BCUT2D eigenvalue weighted by Gasteiger charge is 2.26. The first-order valence-corrected chi connectivity index (χ1v) is 7.20. The minimum absolute atomic E-state index is 0.143. The number of benzene rings is 1. The molecule has 21 heavy (non-hydrogen) atoms. The molecule has 0 spiro atoms. The minimum atomic E-state index is -0.981. The zero-order valence-electron chi connectivity index (χ0n) is 11.7. The van der Waals surface area contributed by atoms with Crippen LogP contribution < -0.4 is 4.90 Å². The fourth-order valence-electron chi connectivity index (χ4n) is 2.87. The van der Waals surface area contributed by atoms with E-state index in [4.69, 9.17) is 9.52 Å². The molecule has 1 fully saturated rings. The molecule has 6 heteroatoms. The van der Waals surface area contributed by atoms with E-state index in [2.05, 4.69) is 9.88 Å². The van der Waals surface area contributed by atoms with E-state index < -0.39 is 5.97 Å². The maximum atomic E-state index is 11.0. The number of carboxylic acid groups (broad SMARTS) is 1. The summed E-state index contributed by atoms with van der Waals surface area (Å²) in [7, 11) is 0. The Labute approximate surface area is 122 Å². The van der Waals surface area contributed by atoms with Gasteiger partial charge in [-0.15, -0.1) is 0 Å². The summed E-state index contributed by atoms with van der Waals surface area (Å²) in [4.78, 5) is 17.5. The molecule has 0 saturated carbocycles. The monoisotopic (exact) mass is 290 g/mol. The topological polar surface area (TPSA) is 86.8 Å². The van der Waals surface area contributed by atoms with Gasteiger partial charge in [0.1, 0.15) is 5.52 Å². The Hall–Kier alpha value is -2.08. The molecule has 2 aromatic rings. The molecule has 3 rings (SSSR count). The summed E-state index contributed by atoms with van der Waals surface area (Å²) in [5, 5.41) is 18.2. The van der Waals surface area contributed by atoms with Crippen molar-refractivity contribution < 1.29 is 19.4 Å². The summed E-state index contributed by atoms with van der Waals surface area (Å²) in [5.41, 5.74) is 1.33. The second kappa shape index (κ2) is 5.73. The molecule has 2 heterocycles. The van der Waals surface area contributed by atoms with E-state index in [1.165, 1.54) is 12.1 Å². The third kappa shape index (κ3) is 2.71. The molecule has 1 saturated heterocycles. The SMILES string of the molecule is O=C(O)c1ccc2nc(N3CCCCC3CCO)oc2c1. The Bertz CT molecular complexity index is 650. The molecule has 1 aromatic heterocycles. The summed E-state index contributed by atoms with van der Waals surface area (Å²) in [6.45, 7) is 0.994. The predicted octanol–water partition coefficient (Wildman–Crippen LogP) is 2.27. The summed E-state index contributed by atoms with van der Waals surface area (Å²) in [6, 6.07) is 5.44. The number of aromatic carboxylic acids is 1. The lowest BCUT2D eigenvalue weighted by atomic mass is 10.0. The Morgan fingerprint density at radius 3 is 3.05 bits per heavy atom. The van der Waals surface area contributed by atoms with Gasteiger partial charge in [0, 0.05) is 19.2 Å². The van der Waals surface area contributed by atoms with E-state index in [9.17, 15) is 9.90 Å². The van der Waals surface area contributed by atoms with Gasteiger partial charge in [-0.2, -0.15) is 4.98 Å². The summed E-state index contributed by atoms with van der Waals surface area (Å²) in [6.07, 6.45) is 3.92. The molecule has 6 nitrogen and oxygen atoms in total. The maximum absolute atomic E-state index is 11.0. The second-order valence-electron chi connectivity index (χ2n) is 5.34. The third-order valence-corrected chi connectivity index (χ3v) is 3.96. The highest BCUT2D eigenvalue weighted by atomic mass is 16.4. The molecular weight excluding hydrogens is 272 g/mol. The first-order chi connectivity index (χ1) is 10.2. The standard InChI is InChI=1S/C15H18N2O4/c18-8-6-11-3-1-2-7-17(11)15-16-12-5-4-10(14(19)20)9-13(12)21-15/h4-5,9,11,18H,1-3,6-8H2,(H,19,20). The molecule has 0 aliphatic carbocycles. The molecule has 112 valence electrons. The number of carbonyl (C=O) groups is 1. The van der Waals surface area contributed by atoms with Crippen LogP contribution in [0, 0.1) is 0 Å². The molecule has 1 atom stereocenters. The maximum Gasteiger partial charge on any atom is 0.335 e. The van der Waals surface area contributed by atoms with Crippen LogP contribution in [0.5, 0.6) is 0 Å². The lowest BCUT2D eigenvalue weighted by molar-refractivity contribution is 0.0697. The fourth-order valence-corrected chi connectivity index (χ4v) is 2.87. The van der Waals surface area contributed by atoms with E-state index in [0.717, 1.165) is 25.8 Å². The van der Waals surface area contributed by atoms with E-state index in [1.54, 1.807) is 6.07 Å². The molecule has 0 radical (unpaired) electrons. The average Bonchev–Trinajstić information content (AvgIpc) is 2.90. The van der Waals surface area contributed by atoms with E-state index >= 15 is 0 Å². The van der Waals surface area contributed by atoms with Gasteiger partial charge in [-0.1, -0.05) is 0 Å². The third-order valence-electron chi connectivity index (χ3n) is 3.96. The Morgan fingerprint density at radius 1 is 1.43 bits per heavy atom. The van der Waals surface area contributed by atoms with Crippen molar-refractivity contribution in [3.05, 3.63) is 23.8 Å². The van der Waals surface area contributed by atoms with Gasteiger partial charge in [0.15, 0.2) is 5.58 Å². The van der Waals surface area contributed by atoms with Crippen LogP contribution >= 0.6 is 0 Å². The molecule has 1 aliphatic heterocycles. The molecule has 1 unspecified atom stereocenters. The zero-order valence-corrected chi connectivity index (χ0v) is 11.7. The number of oxazole rings is 1. The van der Waals surface area contributed by atoms with Crippen molar-refractivity contribution >= 4 is 23.1 Å². The highest BCUT2D eigenvalue weighted by Crippen LogP contribution is 2.29. The largest absolute Gasteiger partial charge is 0.478 e. The van der Waals surface area contributed by atoms with Crippen LogP contribution in [0.2, 0.25) is 0 Å². The summed E-state index contributed by atoms with van der Waals surface area (Å²) >= 11 is 0. The number of nitrogens with zero attached hydrogens (tertiary/aromatic N) is 2. The number of aliphatic hydroxyl groups is 1. The van der Waals surface area contributed by atoms with Crippen molar-refractivity contribution in [2.24, 2.45) is 0 Å². The smallest absolute Gasteiger partial charge is 0.335 e. The van der Waals surface area contributed by atoms with Gasteiger partial charge in [0.2, 0.25) is 0 Å². The van der Waals surface area contributed by atoms with Gasteiger partial charge < -0.3 is 19.5 Å². The number of aliphatic hydroxyl groups excluding tert-OH is 1. The van der Waals surface area contributed by atoms with Crippen LogP contribution in [0.25, 0.3) is 11.1 Å². The van der Waals surface area contributed by atoms with Gasteiger partial charge in [-0.05, 0) is 43.9 Å². The molecule has 1 aliphatic rings. The van der Waals surface area contributed by atoms with E-state index in [-0.39, 0.29) is 18.2 Å². The van der Waals surface area contributed by atoms with Gasteiger partial charge in [-0.3, -0.25) is 0 Å². The summed E-state index contributed by atoms with van der Waals surface area (Å²) < 4.78 is 5.74. The first kappa shape index (κ1) is 13.9. The van der Waals surface area contributed by atoms with Crippen LogP contribution in [-0.4, -0.2) is 40.4 Å². The highest BCUT2D eigenvalue weighted by molar-refractivity contribution is 5.92. The number of piperidine rings is 1. The van der Waals surface area contributed by atoms with Crippen molar-refractivity contribution in [1.82, 2.24) is 4.98 Å². The van der Waals surface area contributed by atoms with E-state index in [1.807, 2.05) is 0 Å². The van der Waals surface area contributed by atoms with Gasteiger partial charge >= 0.3 is 5.97 Å². The van der Waals surface area contributed by atoms with Crippen molar-refractivity contribution in [2.75, 3.05) is 18.1 Å². The van der Waals surface area contributed by atoms with Crippen LogP contribution in [0.15, 0.2) is 22.6 Å². The van der Waals surface area contributed by atoms with Crippen LogP contribution in [-0.2, 0) is 0 Å². The van der Waals surface area contributed by atoms with Crippen LogP contribution in [0.3, 0.4) is 0 Å². The molecule has 0 amide bonds. The van der Waals surface area contributed by atoms with Gasteiger partial charge in [-0.25, -0.2) is 4.79 Å². The number of hydrogen-bond acceptors (Lipinski definition) is 5. The van der Waals surface area contributed by atoms with E-state index in [0.29, 0.717) is 23.5 Å². The summed E-state index contributed by atoms with van der Waals surface area (Å²) in [5.74, 6) is -0.981. The van der Waals surface area contributed by atoms with Crippen molar-refractivity contribution in [3.63, 3.8) is 0 Å². The average molecular weight is 290 g/mol. The number of rotatable bonds is 4. The zero-order chi connectivity index (χ0) is 14.8. The first-order valence-electron chi connectivity index (χ1n) is 7.20. The molecule has 0 bridgehead atoms. The normalized spacial score (nSPS) is 19.1. The van der Waals surface area contributed by atoms with Gasteiger partial charge in [0.05, 0.1) is 5.56 Å². The lowest BCUT2D eigenvalue weighted by Crippen LogP contribution is -2.40. The number of carboxylic acids is 1. The Kier molecular flexibility index (Phi) is 3.79. The van der Waals surface area contributed by atoms with Gasteiger partial charge in [0.25, 0.3) is 6.01 Å². The van der Waals surface area contributed by atoms with Crippen molar-refractivity contribution in [3.8, 4) is 0 Å². The fraction of sp³-hybridized carbons (Fsp3) is 0.467. The predicted molar refractivity (Wildman–Crippen MR) is 77.7 cm³/mol. The number of aromatic nitrogens is 1. The second-order valence-corrected chi connectivity index (χ2v) is 5.34. The minimum Gasteiger partial charge on any atom is -0.478 e. The Morgan fingerprint density at radius 2 is 2.29 bits per heavy atom. The van der Waals surface area contributed by atoms with Crippen LogP contribution in [0.4, 0.5) is 6.01 Å². The molecule has 2 N–H and O–H groups in total. The van der Waals surface area contributed by atoms with Crippen molar-refractivity contribution in [1.29, 1.82) is 0 Å². The lowest BCUT2D eigenvalue weighted by Gasteiger charge is -2.34. The Balaban J connectivity index is 1.93. The number of hydrogen-bond donors (Lipinski definition) is 2. The number of fused-ring (bicyclic) bond motifs is 1. The van der Waals surface area contributed by atoms with Crippen molar-refractivity contribution in [2.45, 2.75) is 31.7 Å². The van der Waals surface area contributed by atoms with Crippen LogP contribution in [0.1, 0.15) is 36.0 Å². The quantitative estimate of drug-likeness (QED) is 0.898. The molecule has 1 aromatic carbocycles. The number of anilines is 1. The molecular formula is C15H18N2O4.